The Bertz CT molecular complexity index is 256. The van der Waals surface area contributed by atoms with Gasteiger partial charge in [-0.15, -0.1) is 0 Å². The Hall–Kier alpha value is -0.870. The van der Waals surface area contributed by atoms with E-state index in [9.17, 15) is 4.79 Å². The molecule has 0 bridgehead atoms. The molecule has 0 spiro atoms. The number of fused-ring (bicyclic) bond motifs is 1. The van der Waals surface area contributed by atoms with E-state index in [0.717, 1.165) is 0 Å². The highest BCUT2D eigenvalue weighted by molar-refractivity contribution is 5.94. The zero-order valence-electron chi connectivity index (χ0n) is 7.65. The highest BCUT2D eigenvalue weighted by Crippen LogP contribution is 2.26. The monoisotopic (exact) mass is 184 g/mol. The van der Waals surface area contributed by atoms with E-state index < -0.39 is 11.9 Å². The van der Waals surface area contributed by atoms with E-state index in [2.05, 4.69) is 0 Å². The van der Waals surface area contributed by atoms with Gasteiger partial charge >= 0.3 is 0 Å². The third-order valence-electron chi connectivity index (χ3n) is 2.11. The minimum atomic E-state index is -0.689. The van der Waals surface area contributed by atoms with E-state index in [4.69, 9.17) is 14.2 Å². The summed E-state index contributed by atoms with van der Waals surface area (Å²) in [6.07, 6.45) is 2.00. The van der Waals surface area contributed by atoms with Gasteiger partial charge in [0.1, 0.15) is 0 Å². The second-order valence-electron chi connectivity index (χ2n) is 3.63. The van der Waals surface area contributed by atoms with E-state index >= 15 is 0 Å². The largest absolute Gasteiger partial charge is 0.492 e. The Balaban J connectivity index is 2.16. The fourth-order valence-corrected chi connectivity index (χ4v) is 1.44. The molecule has 4 heteroatoms. The van der Waals surface area contributed by atoms with Crippen molar-refractivity contribution in [2.75, 3.05) is 6.61 Å². The van der Waals surface area contributed by atoms with Crippen molar-refractivity contribution in [3.63, 3.8) is 0 Å². The summed E-state index contributed by atoms with van der Waals surface area (Å²) in [5.74, 6) is -0.738. The first kappa shape index (κ1) is 8.72. The molecule has 1 fully saturated rings. The molecule has 0 aromatic heterocycles. The maximum Gasteiger partial charge on any atom is 0.191 e. The molecule has 0 unspecified atom stereocenters. The second-order valence-corrected chi connectivity index (χ2v) is 3.63. The smallest absolute Gasteiger partial charge is 0.191 e. The fourth-order valence-electron chi connectivity index (χ4n) is 1.44. The van der Waals surface area contributed by atoms with Crippen LogP contribution in [0.4, 0.5) is 0 Å². The van der Waals surface area contributed by atoms with Gasteiger partial charge in [0.2, 0.25) is 0 Å². The summed E-state index contributed by atoms with van der Waals surface area (Å²) in [6, 6.07) is 0. The van der Waals surface area contributed by atoms with E-state index in [-0.39, 0.29) is 11.9 Å². The third-order valence-corrected chi connectivity index (χ3v) is 2.11. The van der Waals surface area contributed by atoms with Crippen LogP contribution < -0.4 is 0 Å². The fraction of sp³-hybridized carbons (Fsp3) is 0.667. The van der Waals surface area contributed by atoms with Crippen molar-refractivity contribution in [3.8, 4) is 0 Å². The van der Waals surface area contributed by atoms with Gasteiger partial charge in [0, 0.05) is 6.08 Å². The normalized spacial score (nSPS) is 36.6. The molecular weight excluding hydrogens is 172 g/mol. The lowest BCUT2D eigenvalue weighted by Crippen LogP contribution is -2.53. The number of ether oxygens (including phenoxy) is 3. The van der Waals surface area contributed by atoms with Crippen LogP contribution in [0.5, 0.6) is 0 Å². The Kier molecular flexibility index (Phi) is 1.89. The summed E-state index contributed by atoms with van der Waals surface area (Å²) >= 11 is 0. The molecule has 1 saturated heterocycles. The predicted octanol–water partition coefficient (Wildman–Crippen LogP) is 0.619. The van der Waals surface area contributed by atoms with Crippen LogP contribution >= 0.6 is 0 Å². The van der Waals surface area contributed by atoms with Gasteiger partial charge in [-0.2, -0.15) is 0 Å². The average molecular weight is 184 g/mol. The van der Waals surface area contributed by atoms with Gasteiger partial charge < -0.3 is 14.2 Å². The topological polar surface area (TPSA) is 44.8 Å². The molecule has 2 rings (SSSR count). The summed E-state index contributed by atoms with van der Waals surface area (Å²) in [5.41, 5.74) is 0. The maximum absolute atomic E-state index is 11.4. The van der Waals surface area contributed by atoms with Gasteiger partial charge in [0.05, 0.1) is 12.9 Å². The van der Waals surface area contributed by atoms with Crippen LogP contribution in [0.25, 0.3) is 0 Å². The molecule has 2 aliphatic heterocycles. The predicted molar refractivity (Wildman–Crippen MR) is 43.9 cm³/mol. The number of carbonyl (C=O) groups excluding carboxylic acids is 1. The molecule has 0 amide bonds. The number of rotatable bonds is 0. The molecule has 0 aliphatic carbocycles. The van der Waals surface area contributed by atoms with Gasteiger partial charge in [0.25, 0.3) is 0 Å². The summed E-state index contributed by atoms with van der Waals surface area (Å²) in [4.78, 5) is 11.4. The Labute approximate surface area is 76.5 Å². The summed E-state index contributed by atoms with van der Waals surface area (Å²) in [5, 5.41) is 0. The van der Waals surface area contributed by atoms with Crippen molar-refractivity contribution in [2.45, 2.75) is 31.8 Å². The lowest BCUT2D eigenvalue weighted by atomic mass is 10.1. The Morgan fingerprint density at radius 2 is 2.31 bits per heavy atom. The SMILES string of the molecule is CC1(C)OC[C@H]2OC=CC(=O)[C@H]2O1. The number of ketones is 1. The van der Waals surface area contributed by atoms with E-state index in [1.54, 1.807) is 13.8 Å². The van der Waals surface area contributed by atoms with Crippen LogP contribution in [0, 0.1) is 0 Å². The molecular formula is C9H12O4. The molecule has 0 aromatic rings. The molecule has 2 atom stereocenters. The Morgan fingerprint density at radius 3 is 3.08 bits per heavy atom. The first-order valence-corrected chi connectivity index (χ1v) is 4.26. The number of hydrogen-bond acceptors (Lipinski definition) is 4. The van der Waals surface area contributed by atoms with Crippen molar-refractivity contribution in [1.29, 1.82) is 0 Å². The average Bonchev–Trinajstić information content (AvgIpc) is 2.06. The highest BCUT2D eigenvalue weighted by Gasteiger charge is 2.42. The lowest BCUT2D eigenvalue weighted by molar-refractivity contribution is -0.297. The van der Waals surface area contributed by atoms with Crippen LogP contribution in [0.2, 0.25) is 0 Å². The van der Waals surface area contributed by atoms with E-state index in [1.807, 2.05) is 0 Å². The number of carbonyl (C=O) groups is 1. The zero-order valence-corrected chi connectivity index (χ0v) is 7.65. The van der Waals surface area contributed by atoms with Crippen molar-refractivity contribution in [1.82, 2.24) is 0 Å². The standard InChI is InChI=1S/C9H12O4/c1-9(2)12-5-7-8(13-9)6(10)3-4-11-7/h3-4,7-8H,5H2,1-2H3/t7-,8-/m1/s1. The second kappa shape index (κ2) is 2.82. The summed E-state index contributed by atoms with van der Waals surface area (Å²) < 4.78 is 16.0. The van der Waals surface area contributed by atoms with Gasteiger partial charge in [0.15, 0.2) is 23.8 Å². The first-order valence-electron chi connectivity index (χ1n) is 4.26. The zero-order chi connectivity index (χ0) is 9.47. The molecule has 2 heterocycles. The van der Waals surface area contributed by atoms with E-state index in [1.165, 1.54) is 12.3 Å². The molecule has 13 heavy (non-hydrogen) atoms. The van der Waals surface area contributed by atoms with E-state index in [0.29, 0.717) is 6.61 Å². The van der Waals surface area contributed by atoms with Gasteiger partial charge in [-0.05, 0) is 13.8 Å². The summed E-state index contributed by atoms with van der Waals surface area (Å²) in [7, 11) is 0. The van der Waals surface area contributed by atoms with Crippen molar-refractivity contribution in [3.05, 3.63) is 12.3 Å². The summed E-state index contributed by atoms with van der Waals surface area (Å²) in [6.45, 7) is 3.97. The van der Waals surface area contributed by atoms with Crippen LogP contribution in [0.1, 0.15) is 13.8 Å². The van der Waals surface area contributed by atoms with Gasteiger partial charge in [-0.3, -0.25) is 4.79 Å². The quantitative estimate of drug-likeness (QED) is 0.553. The lowest BCUT2D eigenvalue weighted by Gasteiger charge is -2.40. The number of hydrogen-bond donors (Lipinski definition) is 0. The molecule has 0 radical (unpaired) electrons. The molecule has 0 N–H and O–H groups in total. The molecule has 0 aromatic carbocycles. The van der Waals surface area contributed by atoms with Crippen molar-refractivity contribution >= 4 is 5.78 Å². The minimum Gasteiger partial charge on any atom is -0.492 e. The van der Waals surface area contributed by atoms with Gasteiger partial charge in [-0.1, -0.05) is 0 Å². The van der Waals surface area contributed by atoms with Crippen molar-refractivity contribution < 1.29 is 19.0 Å². The molecule has 72 valence electrons. The third kappa shape index (κ3) is 1.59. The van der Waals surface area contributed by atoms with Gasteiger partial charge in [-0.25, -0.2) is 0 Å². The van der Waals surface area contributed by atoms with Crippen LogP contribution in [0.15, 0.2) is 12.3 Å². The minimum absolute atomic E-state index is 0.0485. The Morgan fingerprint density at radius 1 is 1.54 bits per heavy atom. The maximum atomic E-state index is 11.4. The van der Waals surface area contributed by atoms with Crippen LogP contribution in [-0.2, 0) is 19.0 Å². The van der Waals surface area contributed by atoms with Crippen molar-refractivity contribution in [2.24, 2.45) is 0 Å². The highest BCUT2D eigenvalue weighted by atomic mass is 16.7. The first-order chi connectivity index (χ1) is 6.08. The molecule has 4 nitrogen and oxygen atoms in total. The van der Waals surface area contributed by atoms with Crippen LogP contribution in [0.3, 0.4) is 0 Å². The van der Waals surface area contributed by atoms with Crippen LogP contribution in [-0.4, -0.2) is 30.4 Å². The molecule has 2 aliphatic rings. The molecule has 0 saturated carbocycles.